The Labute approximate surface area is 124 Å². The van der Waals surface area contributed by atoms with Crippen molar-refractivity contribution in [2.45, 2.75) is 38.1 Å². The van der Waals surface area contributed by atoms with E-state index in [0.29, 0.717) is 18.9 Å². The molecule has 1 aliphatic heterocycles. The van der Waals surface area contributed by atoms with Crippen LogP contribution in [-0.4, -0.2) is 61.1 Å². The lowest BCUT2D eigenvalue weighted by Gasteiger charge is -2.28. The summed E-state index contributed by atoms with van der Waals surface area (Å²) in [5.41, 5.74) is 0. The Kier molecular flexibility index (Phi) is 5.08. The van der Waals surface area contributed by atoms with Gasteiger partial charge >= 0.3 is 12.0 Å². The zero-order valence-electron chi connectivity index (χ0n) is 12.0. The predicted octanol–water partition coefficient (Wildman–Crippen LogP) is 0.460. The van der Waals surface area contributed by atoms with Crippen LogP contribution in [0.3, 0.4) is 0 Å². The minimum atomic E-state index is -3.15. The van der Waals surface area contributed by atoms with Crippen molar-refractivity contribution in [3.05, 3.63) is 0 Å². The maximum Gasteiger partial charge on any atom is 0.323 e. The van der Waals surface area contributed by atoms with Crippen molar-refractivity contribution in [3.63, 3.8) is 0 Å². The zero-order chi connectivity index (χ0) is 15.5. The third kappa shape index (κ3) is 4.59. The van der Waals surface area contributed by atoms with E-state index in [1.807, 2.05) is 0 Å². The van der Waals surface area contributed by atoms with E-state index in [1.165, 1.54) is 19.3 Å². The summed E-state index contributed by atoms with van der Waals surface area (Å²) >= 11 is 0. The molecule has 2 fully saturated rings. The van der Waals surface area contributed by atoms with E-state index in [0.717, 1.165) is 11.3 Å². The van der Waals surface area contributed by atoms with Crippen LogP contribution in [0, 0.1) is 5.92 Å². The van der Waals surface area contributed by atoms with Gasteiger partial charge < -0.3 is 15.3 Å². The van der Waals surface area contributed by atoms with Crippen LogP contribution in [0.4, 0.5) is 4.79 Å². The molecule has 1 unspecified atom stereocenters. The van der Waals surface area contributed by atoms with Gasteiger partial charge in [-0.3, -0.25) is 4.79 Å². The van der Waals surface area contributed by atoms with E-state index in [2.05, 4.69) is 5.32 Å². The Hall–Kier alpha value is -1.31. The molecule has 1 saturated heterocycles. The van der Waals surface area contributed by atoms with Crippen molar-refractivity contribution in [3.8, 4) is 0 Å². The number of urea groups is 1. The van der Waals surface area contributed by atoms with Crippen LogP contribution < -0.4 is 5.32 Å². The highest BCUT2D eigenvalue weighted by Gasteiger charge is 2.35. The van der Waals surface area contributed by atoms with Gasteiger partial charge in [-0.2, -0.15) is 0 Å². The fourth-order valence-electron chi connectivity index (χ4n) is 2.80. The third-order valence-electron chi connectivity index (χ3n) is 4.27. The van der Waals surface area contributed by atoms with E-state index in [-0.39, 0.29) is 11.5 Å². The topological polar surface area (TPSA) is 104 Å². The molecule has 0 aromatic carbocycles. The first kappa shape index (κ1) is 16.1. The monoisotopic (exact) mass is 318 g/mol. The first-order valence-electron chi connectivity index (χ1n) is 7.34. The Bertz CT molecular complexity index is 501. The van der Waals surface area contributed by atoms with Gasteiger partial charge in [0.1, 0.15) is 6.54 Å². The number of nitrogens with one attached hydrogen (secondary N) is 1. The lowest BCUT2D eigenvalue weighted by Crippen LogP contribution is -2.49. The van der Waals surface area contributed by atoms with Crippen molar-refractivity contribution < 1.29 is 23.1 Å². The van der Waals surface area contributed by atoms with Crippen molar-refractivity contribution in [1.29, 1.82) is 0 Å². The molecule has 2 N–H and O–H groups in total. The molecule has 1 saturated carbocycles. The van der Waals surface area contributed by atoms with Gasteiger partial charge in [0, 0.05) is 12.6 Å². The molecule has 1 heterocycles. The second-order valence-electron chi connectivity index (χ2n) is 5.90. The predicted molar refractivity (Wildman–Crippen MR) is 76.8 cm³/mol. The fraction of sp³-hybridized carbons (Fsp3) is 0.846. The molecule has 120 valence electrons. The van der Waals surface area contributed by atoms with Gasteiger partial charge in [0.25, 0.3) is 0 Å². The third-order valence-corrected chi connectivity index (χ3v) is 6.02. The standard InChI is InChI=1S/C13H22N2O5S/c16-12(17)8-15(11-5-7-21(19,20)9-11)13(18)14-6-4-10-2-1-3-10/h10-11H,1-9H2,(H,14,18)(H,16,17). The molecule has 1 atom stereocenters. The largest absolute Gasteiger partial charge is 0.480 e. The number of carboxylic acids is 1. The molecular formula is C13H22N2O5S. The second kappa shape index (κ2) is 6.64. The number of aliphatic carboxylic acids is 1. The van der Waals surface area contributed by atoms with E-state index in [4.69, 9.17) is 5.11 Å². The molecule has 0 aromatic heterocycles. The molecule has 2 rings (SSSR count). The molecule has 8 heteroatoms. The molecule has 0 bridgehead atoms. The molecule has 1 aliphatic carbocycles. The lowest BCUT2D eigenvalue weighted by molar-refractivity contribution is -0.138. The SMILES string of the molecule is O=C(O)CN(C(=O)NCCC1CCC1)C1CCS(=O)(=O)C1. The minimum Gasteiger partial charge on any atom is -0.480 e. The molecule has 0 radical (unpaired) electrons. The summed E-state index contributed by atoms with van der Waals surface area (Å²) in [7, 11) is -3.15. The Morgan fingerprint density at radius 1 is 1.24 bits per heavy atom. The summed E-state index contributed by atoms with van der Waals surface area (Å²) in [6.45, 7) is 0.0501. The van der Waals surface area contributed by atoms with Crippen molar-refractivity contribution >= 4 is 21.8 Å². The molecule has 0 spiro atoms. The number of hydrogen-bond donors (Lipinski definition) is 2. The highest BCUT2D eigenvalue weighted by molar-refractivity contribution is 7.91. The summed E-state index contributed by atoms with van der Waals surface area (Å²) in [4.78, 5) is 24.2. The van der Waals surface area contributed by atoms with Crippen LogP contribution in [0.2, 0.25) is 0 Å². The number of carbonyl (C=O) groups excluding carboxylic acids is 1. The molecular weight excluding hydrogens is 296 g/mol. The number of sulfone groups is 1. The first-order valence-corrected chi connectivity index (χ1v) is 9.16. The lowest BCUT2D eigenvalue weighted by atomic mass is 9.83. The normalized spacial score (nSPS) is 24.3. The summed E-state index contributed by atoms with van der Waals surface area (Å²) < 4.78 is 23.0. The van der Waals surface area contributed by atoms with Crippen LogP contribution in [0.25, 0.3) is 0 Å². The highest BCUT2D eigenvalue weighted by Crippen LogP contribution is 2.28. The molecule has 0 aromatic rings. The highest BCUT2D eigenvalue weighted by atomic mass is 32.2. The van der Waals surface area contributed by atoms with Crippen molar-refractivity contribution in [2.24, 2.45) is 5.92 Å². The van der Waals surface area contributed by atoms with E-state index >= 15 is 0 Å². The van der Waals surface area contributed by atoms with Crippen molar-refractivity contribution in [2.75, 3.05) is 24.6 Å². The van der Waals surface area contributed by atoms with Crippen molar-refractivity contribution in [1.82, 2.24) is 10.2 Å². The average molecular weight is 318 g/mol. The molecule has 2 amide bonds. The Morgan fingerprint density at radius 2 is 1.95 bits per heavy atom. The number of hydrogen-bond acceptors (Lipinski definition) is 4. The smallest absolute Gasteiger partial charge is 0.323 e. The Morgan fingerprint density at radius 3 is 2.43 bits per heavy atom. The van der Waals surface area contributed by atoms with Crippen LogP contribution in [0.5, 0.6) is 0 Å². The van der Waals surface area contributed by atoms with Gasteiger partial charge in [-0.05, 0) is 18.8 Å². The number of nitrogens with zero attached hydrogens (tertiary/aromatic N) is 1. The summed E-state index contributed by atoms with van der Waals surface area (Å²) in [5, 5.41) is 11.6. The van der Waals surface area contributed by atoms with Crippen LogP contribution >= 0.6 is 0 Å². The maximum atomic E-state index is 12.1. The summed E-state index contributed by atoms with van der Waals surface area (Å²) in [6.07, 6.45) is 4.83. The maximum absolute atomic E-state index is 12.1. The van der Waals surface area contributed by atoms with E-state index < -0.39 is 34.4 Å². The van der Waals surface area contributed by atoms with Crippen LogP contribution in [0.1, 0.15) is 32.1 Å². The summed E-state index contributed by atoms with van der Waals surface area (Å²) in [6, 6.07) is -1.01. The molecule has 21 heavy (non-hydrogen) atoms. The average Bonchev–Trinajstić information content (AvgIpc) is 2.69. The van der Waals surface area contributed by atoms with Crippen LogP contribution in [-0.2, 0) is 14.6 Å². The number of carboxylic acid groups (broad SMARTS) is 1. The van der Waals surface area contributed by atoms with Gasteiger partial charge in [0.05, 0.1) is 11.5 Å². The van der Waals surface area contributed by atoms with E-state index in [1.54, 1.807) is 0 Å². The van der Waals surface area contributed by atoms with Gasteiger partial charge in [0.15, 0.2) is 9.84 Å². The minimum absolute atomic E-state index is 0.0170. The van der Waals surface area contributed by atoms with Gasteiger partial charge in [-0.1, -0.05) is 19.3 Å². The number of carbonyl (C=O) groups is 2. The number of amides is 2. The summed E-state index contributed by atoms with van der Waals surface area (Å²) in [5.74, 6) is -0.599. The molecule has 7 nitrogen and oxygen atoms in total. The Balaban J connectivity index is 1.88. The molecule has 2 aliphatic rings. The van der Waals surface area contributed by atoms with Crippen LogP contribution in [0.15, 0.2) is 0 Å². The fourth-order valence-corrected chi connectivity index (χ4v) is 4.53. The second-order valence-corrected chi connectivity index (χ2v) is 8.12. The first-order chi connectivity index (χ1) is 9.87. The zero-order valence-corrected chi connectivity index (χ0v) is 12.8. The van der Waals surface area contributed by atoms with Gasteiger partial charge in [-0.15, -0.1) is 0 Å². The van der Waals surface area contributed by atoms with Gasteiger partial charge in [-0.25, -0.2) is 13.2 Å². The van der Waals surface area contributed by atoms with Gasteiger partial charge in [0.2, 0.25) is 0 Å². The quantitative estimate of drug-likeness (QED) is 0.740. The number of rotatable bonds is 6. The van der Waals surface area contributed by atoms with E-state index in [9.17, 15) is 18.0 Å².